The van der Waals surface area contributed by atoms with Crippen LogP contribution in [-0.2, 0) is 4.79 Å². The summed E-state index contributed by atoms with van der Waals surface area (Å²) >= 11 is 0.858. The SMILES string of the molecule is O=C(Nc1ncc([N+](=O)[O-])s1)C1CCCN1. The third-order valence-corrected chi connectivity index (χ3v) is 3.14. The van der Waals surface area contributed by atoms with E-state index < -0.39 is 4.92 Å². The van der Waals surface area contributed by atoms with Gasteiger partial charge in [0.1, 0.15) is 6.20 Å². The summed E-state index contributed by atoms with van der Waals surface area (Å²) in [7, 11) is 0. The van der Waals surface area contributed by atoms with Crippen LogP contribution in [0.4, 0.5) is 10.1 Å². The van der Waals surface area contributed by atoms with Crippen molar-refractivity contribution in [3.63, 3.8) is 0 Å². The molecule has 7 nitrogen and oxygen atoms in total. The second kappa shape index (κ2) is 4.54. The van der Waals surface area contributed by atoms with Crippen molar-refractivity contribution in [1.82, 2.24) is 10.3 Å². The van der Waals surface area contributed by atoms with E-state index in [4.69, 9.17) is 0 Å². The van der Waals surface area contributed by atoms with Crippen molar-refractivity contribution < 1.29 is 9.72 Å². The van der Waals surface area contributed by atoms with Crippen LogP contribution in [0.5, 0.6) is 0 Å². The van der Waals surface area contributed by atoms with Crippen molar-refractivity contribution in [2.45, 2.75) is 18.9 Å². The molecule has 1 fully saturated rings. The first-order valence-electron chi connectivity index (χ1n) is 4.81. The Bertz CT molecular complexity index is 413. The van der Waals surface area contributed by atoms with Crippen molar-refractivity contribution >= 4 is 27.4 Å². The monoisotopic (exact) mass is 242 g/mol. The topological polar surface area (TPSA) is 97.2 Å². The van der Waals surface area contributed by atoms with Gasteiger partial charge in [0.25, 0.3) is 0 Å². The predicted molar refractivity (Wildman–Crippen MR) is 58.4 cm³/mol. The van der Waals surface area contributed by atoms with Crippen LogP contribution in [0.1, 0.15) is 12.8 Å². The van der Waals surface area contributed by atoms with E-state index in [0.29, 0.717) is 0 Å². The Morgan fingerprint density at radius 1 is 1.75 bits per heavy atom. The number of thiazole rings is 1. The number of carbonyl (C=O) groups is 1. The van der Waals surface area contributed by atoms with E-state index in [1.54, 1.807) is 0 Å². The molecular formula is C8H10N4O3S. The highest BCUT2D eigenvalue weighted by Crippen LogP contribution is 2.25. The fourth-order valence-electron chi connectivity index (χ4n) is 1.51. The summed E-state index contributed by atoms with van der Waals surface area (Å²) in [5.74, 6) is -0.179. The first-order chi connectivity index (χ1) is 7.66. The molecule has 0 saturated carbocycles. The zero-order valence-electron chi connectivity index (χ0n) is 8.30. The molecule has 2 N–H and O–H groups in total. The maximum atomic E-state index is 11.6. The third-order valence-electron chi connectivity index (χ3n) is 2.28. The number of aromatic nitrogens is 1. The zero-order chi connectivity index (χ0) is 11.5. The quantitative estimate of drug-likeness (QED) is 0.602. The average Bonchev–Trinajstić information content (AvgIpc) is 2.87. The van der Waals surface area contributed by atoms with Gasteiger partial charge in [0, 0.05) is 0 Å². The Labute approximate surface area is 95.0 Å². The molecule has 1 saturated heterocycles. The van der Waals surface area contributed by atoms with Gasteiger partial charge in [-0.1, -0.05) is 0 Å². The molecule has 1 aromatic heterocycles. The fourth-order valence-corrected chi connectivity index (χ4v) is 2.14. The number of amides is 1. The molecule has 1 aliphatic rings. The van der Waals surface area contributed by atoms with Gasteiger partial charge >= 0.3 is 5.00 Å². The molecule has 1 aliphatic heterocycles. The Balaban J connectivity index is 1.97. The van der Waals surface area contributed by atoms with Crippen LogP contribution in [0, 0.1) is 10.1 Å². The van der Waals surface area contributed by atoms with Crippen LogP contribution in [0.2, 0.25) is 0 Å². The van der Waals surface area contributed by atoms with Crippen molar-refractivity contribution in [3.8, 4) is 0 Å². The van der Waals surface area contributed by atoms with Crippen molar-refractivity contribution in [2.75, 3.05) is 11.9 Å². The Hall–Kier alpha value is -1.54. The summed E-state index contributed by atoms with van der Waals surface area (Å²) in [6.07, 6.45) is 2.90. The molecule has 16 heavy (non-hydrogen) atoms. The van der Waals surface area contributed by atoms with Crippen molar-refractivity contribution in [2.24, 2.45) is 0 Å². The van der Waals surface area contributed by atoms with E-state index in [9.17, 15) is 14.9 Å². The summed E-state index contributed by atoms with van der Waals surface area (Å²) in [5.41, 5.74) is 0. The molecule has 0 radical (unpaired) electrons. The fraction of sp³-hybridized carbons (Fsp3) is 0.500. The molecule has 0 aromatic carbocycles. The lowest BCUT2D eigenvalue weighted by Crippen LogP contribution is -2.35. The third kappa shape index (κ3) is 2.34. The molecule has 0 spiro atoms. The predicted octanol–water partition coefficient (Wildman–Crippen LogP) is 0.742. The number of nitro groups is 1. The van der Waals surface area contributed by atoms with E-state index in [-0.39, 0.29) is 22.1 Å². The zero-order valence-corrected chi connectivity index (χ0v) is 9.12. The first kappa shape index (κ1) is 11.0. The van der Waals surface area contributed by atoms with Crippen LogP contribution < -0.4 is 10.6 Å². The second-order valence-electron chi connectivity index (χ2n) is 3.40. The minimum Gasteiger partial charge on any atom is -0.306 e. The summed E-state index contributed by atoms with van der Waals surface area (Å²) < 4.78 is 0. The molecule has 0 bridgehead atoms. The molecule has 8 heteroatoms. The van der Waals surface area contributed by atoms with Gasteiger partial charge in [-0.25, -0.2) is 4.98 Å². The maximum Gasteiger partial charge on any atom is 0.345 e. The number of nitrogens with one attached hydrogen (secondary N) is 2. The van der Waals surface area contributed by atoms with Gasteiger partial charge in [0.15, 0.2) is 5.13 Å². The Morgan fingerprint density at radius 3 is 3.12 bits per heavy atom. The summed E-state index contributed by atoms with van der Waals surface area (Å²) in [4.78, 5) is 25.3. The number of nitrogens with zero attached hydrogens (tertiary/aromatic N) is 2. The normalized spacial score (nSPS) is 19.6. The highest BCUT2D eigenvalue weighted by atomic mass is 32.1. The summed E-state index contributed by atoms with van der Waals surface area (Å²) in [6, 6.07) is -0.206. The average molecular weight is 242 g/mol. The lowest BCUT2D eigenvalue weighted by Gasteiger charge is -2.07. The molecule has 0 aliphatic carbocycles. The van der Waals surface area contributed by atoms with Gasteiger partial charge in [-0.3, -0.25) is 14.9 Å². The molecule has 2 heterocycles. The van der Waals surface area contributed by atoms with Crippen LogP contribution in [0.25, 0.3) is 0 Å². The van der Waals surface area contributed by atoms with Crippen LogP contribution in [-0.4, -0.2) is 28.4 Å². The first-order valence-corrected chi connectivity index (χ1v) is 5.63. The Morgan fingerprint density at radius 2 is 2.56 bits per heavy atom. The largest absolute Gasteiger partial charge is 0.345 e. The van der Waals surface area contributed by atoms with Gasteiger partial charge in [0.05, 0.1) is 11.0 Å². The molecular weight excluding hydrogens is 232 g/mol. The minimum atomic E-state index is -0.527. The smallest absolute Gasteiger partial charge is 0.306 e. The van der Waals surface area contributed by atoms with Gasteiger partial charge in [-0.15, -0.1) is 0 Å². The number of hydrogen-bond acceptors (Lipinski definition) is 6. The second-order valence-corrected chi connectivity index (χ2v) is 4.41. The molecule has 1 atom stereocenters. The van der Waals surface area contributed by atoms with E-state index >= 15 is 0 Å². The van der Waals surface area contributed by atoms with E-state index in [0.717, 1.165) is 36.9 Å². The molecule has 1 aromatic rings. The Kier molecular flexibility index (Phi) is 3.11. The minimum absolute atomic E-state index is 0.0744. The number of carbonyl (C=O) groups excluding carboxylic acids is 1. The van der Waals surface area contributed by atoms with E-state index in [1.807, 2.05) is 0 Å². The van der Waals surface area contributed by atoms with Crippen molar-refractivity contribution in [3.05, 3.63) is 16.3 Å². The lowest BCUT2D eigenvalue weighted by atomic mass is 10.2. The van der Waals surface area contributed by atoms with Gasteiger partial charge in [0.2, 0.25) is 5.91 Å². The molecule has 2 rings (SSSR count). The summed E-state index contributed by atoms with van der Waals surface area (Å²) in [5, 5.41) is 16.2. The van der Waals surface area contributed by atoms with Gasteiger partial charge in [-0.2, -0.15) is 0 Å². The van der Waals surface area contributed by atoms with Crippen LogP contribution in [0.3, 0.4) is 0 Å². The highest BCUT2D eigenvalue weighted by Gasteiger charge is 2.23. The highest BCUT2D eigenvalue weighted by molar-refractivity contribution is 7.18. The standard InChI is InChI=1S/C8H10N4O3S/c13-7(5-2-1-3-9-5)11-8-10-4-6(16-8)12(14)15/h4-5,9H,1-3H2,(H,10,11,13). The van der Waals surface area contributed by atoms with Gasteiger partial charge in [-0.05, 0) is 30.7 Å². The van der Waals surface area contributed by atoms with E-state index in [2.05, 4.69) is 15.6 Å². The molecule has 1 unspecified atom stereocenters. The number of anilines is 1. The van der Waals surface area contributed by atoms with Crippen LogP contribution >= 0.6 is 11.3 Å². The van der Waals surface area contributed by atoms with Crippen LogP contribution in [0.15, 0.2) is 6.20 Å². The maximum absolute atomic E-state index is 11.6. The lowest BCUT2D eigenvalue weighted by molar-refractivity contribution is -0.380. The number of hydrogen-bond donors (Lipinski definition) is 2. The molecule has 1 amide bonds. The van der Waals surface area contributed by atoms with Crippen molar-refractivity contribution in [1.29, 1.82) is 0 Å². The molecule has 86 valence electrons. The summed E-state index contributed by atoms with van der Waals surface area (Å²) in [6.45, 7) is 0.829. The number of rotatable bonds is 3. The van der Waals surface area contributed by atoms with Gasteiger partial charge < -0.3 is 10.6 Å². The van der Waals surface area contributed by atoms with E-state index in [1.165, 1.54) is 0 Å².